The number of alkyl halides is 3. The highest BCUT2D eigenvalue weighted by molar-refractivity contribution is 9.10. The van der Waals surface area contributed by atoms with Crippen LogP contribution in [0.5, 0.6) is 0 Å². The van der Waals surface area contributed by atoms with Crippen molar-refractivity contribution in [2.24, 2.45) is 9.36 Å². The van der Waals surface area contributed by atoms with Gasteiger partial charge in [-0.3, -0.25) is 14.4 Å². The summed E-state index contributed by atoms with van der Waals surface area (Å²) in [5.41, 5.74) is -1.69. The van der Waals surface area contributed by atoms with Crippen LogP contribution >= 0.6 is 15.9 Å². The quantitative estimate of drug-likeness (QED) is 0.478. The molecule has 1 N–H and O–H groups in total. The summed E-state index contributed by atoms with van der Waals surface area (Å²) in [6, 6.07) is 10.4. The Hall–Kier alpha value is -2.54. The molecule has 32 heavy (non-hydrogen) atoms. The van der Waals surface area contributed by atoms with Gasteiger partial charge in [0.25, 0.3) is 5.91 Å². The molecule has 1 aromatic heterocycles. The number of rotatable bonds is 3. The highest BCUT2D eigenvalue weighted by Gasteiger charge is 2.43. The van der Waals surface area contributed by atoms with Gasteiger partial charge in [0.15, 0.2) is 0 Å². The van der Waals surface area contributed by atoms with Crippen LogP contribution in [0.25, 0.3) is 0 Å². The molecule has 3 rings (SSSR count). The van der Waals surface area contributed by atoms with Crippen LogP contribution in [0, 0.1) is 5.82 Å². The van der Waals surface area contributed by atoms with Gasteiger partial charge >= 0.3 is 6.18 Å². The number of aliphatic imine (C=N–C) groups is 1. The molecular formula is C19H18BrF4N5O2S. The van der Waals surface area contributed by atoms with Crippen molar-refractivity contribution in [2.75, 3.05) is 19.3 Å². The molecule has 2 heterocycles. The van der Waals surface area contributed by atoms with E-state index < -0.39 is 45.7 Å². The van der Waals surface area contributed by atoms with E-state index in [0.717, 1.165) is 10.4 Å². The Labute approximate surface area is 190 Å². The molecule has 2 atom stereocenters. The molecule has 0 saturated heterocycles. The SMILES string of the molecule is CN1C(NC(=O)c2ccccc2)=N[C@](C)(c2nc(Br)ccc2F)C[S@@]1(=O)=NCC(F)(F)F. The number of aromatic nitrogens is 1. The average molecular weight is 536 g/mol. The number of halogens is 5. The van der Waals surface area contributed by atoms with Gasteiger partial charge in [-0.25, -0.2) is 22.9 Å². The van der Waals surface area contributed by atoms with Crippen LogP contribution in [-0.4, -0.2) is 50.9 Å². The van der Waals surface area contributed by atoms with Gasteiger partial charge in [0.05, 0.1) is 5.75 Å². The molecule has 0 fully saturated rings. The van der Waals surface area contributed by atoms with Crippen LogP contribution in [0.2, 0.25) is 0 Å². The fraction of sp³-hybridized carbons (Fsp3) is 0.316. The van der Waals surface area contributed by atoms with Crippen molar-refractivity contribution in [1.82, 2.24) is 14.6 Å². The zero-order valence-electron chi connectivity index (χ0n) is 16.9. The van der Waals surface area contributed by atoms with E-state index in [-0.39, 0.29) is 21.8 Å². The van der Waals surface area contributed by atoms with Crippen LogP contribution in [0.1, 0.15) is 23.0 Å². The van der Waals surface area contributed by atoms with Gasteiger partial charge in [-0.15, -0.1) is 0 Å². The number of amides is 1. The van der Waals surface area contributed by atoms with Crippen LogP contribution in [0.3, 0.4) is 0 Å². The van der Waals surface area contributed by atoms with Crippen LogP contribution in [0.15, 0.2) is 56.4 Å². The Kier molecular flexibility index (Phi) is 6.61. The molecule has 0 unspecified atom stereocenters. The Bertz CT molecular complexity index is 1180. The van der Waals surface area contributed by atoms with Crippen molar-refractivity contribution in [1.29, 1.82) is 0 Å². The lowest BCUT2D eigenvalue weighted by atomic mass is 10.00. The predicted octanol–water partition coefficient (Wildman–Crippen LogP) is 3.88. The third-order valence-electron chi connectivity index (χ3n) is 4.58. The first-order chi connectivity index (χ1) is 14.8. The fourth-order valence-corrected chi connectivity index (χ4v) is 5.43. The summed E-state index contributed by atoms with van der Waals surface area (Å²) in [6.45, 7) is -0.310. The van der Waals surface area contributed by atoms with Crippen molar-refractivity contribution in [2.45, 2.75) is 18.6 Å². The first-order valence-corrected chi connectivity index (χ1v) is 11.6. The second-order valence-corrected chi connectivity index (χ2v) is 10.3. The number of carbonyl (C=O) groups excluding carboxylic acids is 1. The van der Waals surface area contributed by atoms with Gasteiger partial charge in [0, 0.05) is 12.6 Å². The molecule has 0 aliphatic carbocycles. The number of benzene rings is 1. The summed E-state index contributed by atoms with van der Waals surface area (Å²) in [7, 11) is -2.59. The molecule has 1 amide bonds. The van der Waals surface area contributed by atoms with Gasteiger partial charge < -0.3 is 0 Å². The number of hydrogen-bond acceptors (Lipinski definition) is 5. The lowest BCUT2D eigenvalue weighted by molar-refractivity contribution is -0.117. The monoisotopic (exact) mass is 535 g/mol. The standard InChI is InChI=1S/C19H18BrF4N5O2S/c1-18(15-13(21)8-9-14(20)26-15)11-32(31,25-10-19(22,23)24)29(2)17(28-18)27-16(30)12-6-4-3-5-7-12/h3-9H,10-11H2,1-2H3,(H,27,28,30)/t18-,32+/m0/s1. The zero-order valence-corrected chi connectivity index (χ0v) is 19.3. The molecule has 1 aromatic carbocycles. The number of hydrogen-bond donors (Lipinski definition) is 1. The molecule has 7 nitrogen and oxygen atoms in total. The molecule has 0 spiro atoms. The van der Waals surface area contributed by atoms with Gasteiger partial charge in [-0.1, -0.05) is 18.2 Å². The lowest BCUT2D eigenvalue weighted by Crippen LogP contribution is -2.53. The Morgan fingerprint density at radius 2 is 1.94 bits per heavy atom. The maximum absolute atomic E-state index is 14.6. The molecule has 2 aromatic rings. The van der Waals surface area contributed by atoms with E-state index >= 15 is 0 Å². The van der Waals surface area contributed by atoms with Gasteiger partial charge in [0.1, 0.15) is 38.1 Å². The topological polar surface area (TPSA) is 87.0 Å². The van der Waals surface area contributed by atoms with Crippen molar-refractivity contribution in [3.63, 3.8) is 0 Å². The summed E-state index contributed by atoms with van der Waals surface area (Å²) in [6.07, 6.45) is -4.71. The van der Waals surface area contributed by atoms with Gasteiger partial charge in [-0.05, 0) is 47.1 Å². The van der Waals surface area contributed by atoms with Gasteiger partial charge in [0.2, 0.25) is 5.96 Å². The Balaban J connectivity index is 2.13. The van der Waals surface area contributed by atoms with E-state index in [2.05, 4.69) is 35.6 Å². The van der Waals surface area contributed by atoms with Crippen LogP contribution in [0.4, 0.5) is 17.6 Å². The van der Waals surface area contributed by atoms with Crippen molar-refractivity contribution in [3.8, 4) is 0 Å². The van der Waals surface area contributed by atoms with Crippen LogP contribution in [-0.2, 0) is 15.5 Å². The van der Waals surface area contributed by atoms with Gasteiger partial charge in [-0.2, -0.15) is 13.2 Å². The minimum Gasteiger partial charge on any atom is -0.292 e. The van der Waals surface area contributed by atoms with Crippen molar-refractivity contribution < 1.29 is 26.6 Å². The lowest BCUT2D eigenvalue weighted by Gasteiger charge is -2.37. The highest BCUT2D eigenvalue weighted by Crippen LogP contribution is 2.34. The maximum Gasteiger partial charge on any atom is 0.408 e. The number of carbonyl (C=O) groups is 1. The molecule has 0 bridgehead atoms. The summed E-state index contributed by atoms with van der Waals surface area (Å²) >= 11 is 3.12. The minimum atomic E-state index is -4.71. The molecule has 0 radical (unpaired) electrons. The summed E-state index contributed by atoms with van der Waals surface area (Å²) in [5.74, 6) is -2.32. The second-order valence-electron chi connectivity index (χ2n) is 7.14. The smallest absolute Gasteiger partial charge is 0.292 e. The summed E-state index contributed by atoms with van der Waals surface area (Å²) in [4.78, 5) is 21.0. The zero-order chi connectivity index (χ0) is 23.7. The average Bonchev–Trinajstić information content (AvgIpc) is 2.72. The molecule has 172 valence electrons. The van der Waals surface area contributed by atoms with Crippen LogP contribution < -0.4 is 5.32 Å². The molecule has 1 aliphatic rings. The van der Waals surface area contributed by atoms with Crippen molar-refractivity contribution in [3.05, 3.63) is 64.1 Å². The highest BCUT2D eigenvalue weighted by atomic mass is 79.9. The summed E-state index contributed by atoms with van der Waals surface area (Å²) in [5, 5.41) is 2.45. The molecule has 13 heteroatoms. The van der Waals surface area contributed by atoms with E-state index in [0.29, 0.717) is 0 Å². The van der Waals surface area contributed by atoms with E-state index in [1.807, 2.05) is 0 Å². The Morgan fingerprint density at radius 3 is 2.56 bits per heavy atom. The Morgan fingerprint density at radius 1 is 1.28 bits per heavy atom. The van der Waals surface area contributed by atoms with E-state index in [9.17, 15) is 26.6 Å². The number of nitrogens with one attached hydrogen (secondary N) is 1. The normalized spacial score (nSPS) is 23.5. The first kappa shape index (κ1) is 24.1. The number of guanidine groups is 1. The van der Waals surface area contributed by atoms with E-state index in [4.69, 9.17) is 0 Å². The minimum absolute atomic E-state index is 0.237. The molecule has 0 saturated carbocycles. The third kappa shape index (κ3) is 5.26. The maximum atomic E-state index is 14.6. The predicted molar refractivity (Wildman–Crippen MR) is 115 cm³/mol. The number of pyridine rings is 1. The number of nitrogens with zero attached hydrogens (tertiary/aromatic N) is 4. The van der Waals surface area contributed by atoms with E-state index in [1.165, 1.54) is 32.2 Å². The fourth-order valence-electron chi connectivity index (χ4n) is 3.03. The first-order valence-electron chi connectivity index (χ1n) is 9.13. The largest absolute Gasteiger partial charge is 0.408 e. The van der Waals surface area contributed by atoms with Crippen molar-refractivity contribution >= 4 is 37.7 Å². The molecular weight excluding hydrogens is 518 g/mol. The second kappa shape index (κ2) is 8.77. The summed E-state index contributed by atoms with van der Waals surface area (Å²) < 4.78 is 71.3. The molecule has 1 aliphatic heterocycles. The van der Waals surface area contributed by atoms with E-state index in [1.54, 1.807) is 18.2 Å². The third-order valence-corrected chi connectivity index (χ3v) is 7.52.